The summed E-state index contributed by atoms with van der Waals surface area (Å²) in [6, 6.07) is 29.1. The fourth-order valence-corrected chi connectivity index (χ4v) is 5.32. The minimum Gasteiger partial charge on any atom is -0.395 e. The molecule has 170 valence electrons. The number of benzene rings is 3. The van der Waals surface area contributed by atoms with Crippen LogP contribution in [0.2, 0.25) is 0 Å². The van der Waals surface area contributed by atoms with E-state index in [0.717, 1.165) is 49.3 Å². The van der Waals surface area contributed by atoms with E-state index in [1.807, 2.05) is 36.4 Å². The van der Waals surface area contributed by atoms with Gasteiger partial charge in [0, 0.05) is 31.2 Å². The maximum absolute atomic E-state index is 13.9. The number of aliphatic hydroxyl groups excluding tert-OH is 1. The van der Waals surface area contributed by atoms with E-state index < -0.39 is 0 Å². The largest absolute Gasteiger partial charge is 0.395 e. The van der Waals surface area contributed by atoms with E-state index >= 15 is 0 Å². The Morgan fingerprint density at radius 1 is 0.818 bits per heavy atom. The zero-order chi connectivity index (χ0) is 22.6. The average Bonchev–Trinajstić information content (AvgIpc) is 2.87. The Balaban J connectivity index is 1.44. The van der Waals surface area contributed by atoms with E-state index in [-0.39, 0.29) is 24.7 Å². The highest BCUT2D eigenvalue weighted by atomic mass is 16.3. The standard InChI is InChI=1S/C28H31N3O2/c32-20-19-30-26-14-8-7-13-25(26)27(23-11-5-2-6-12-23)31(28(30)33)24-15-17-29(18-16-24)21-22-9-3-1-4-10-22/h1-14,24,27,32H,15-21H2. The van der Waals surface area contributed by atoms with Crippen molar-refractivity contribution in [1.82, 2.24) is 9.80 Å². The zero-order valence-corrected chi connectivity index (χ0v) is 18.9. The highest BCUT2D eigenvalue weighted by molar-refractivity contribution is 5.96. The van der Waals surface area contributed by atoms with Crippen LogP contribution in [0.25, 0.3) is 0 Å². The third kappa shape index (κ3) is 4.39. The highest BCUT2D eigenvalue weighted by Gasteiger charge is 2.42. The second-order valence-corrected chi connectivity index (χ2v) is 8.93. The number of carbonyl (C=O) groups is 1. The third-order valence-corrected chi connectivity index (χ3v) is 6.89. The second kappa shape index (κ2) is 9.77. The number of fused-ring (bicyclic) bond motifs is 1. The lowest BCUT2D eigenvalue weighted by Crippen LogP contribution is -2.56. The summed E-state index contributed by atoms with van der Waals surface area (Å²) in [5.74, 6) is 0. The molecule has 0 aliphatic carbocycles. The minimum atomic E-state index is -0.115. The highest BCUT2D eigenvalue weighted by Crippen LogP contribution is 2.42. The summed E-state index contributed by atoms with van der Waals surface area (Å²) < 4.78 is 0. The molecule has 0 radical (unpaired) electrons. The van der Waals surface area contributed by atoms with Crippen LogP contribution < -0.4 is 4.90 Å². The van der Waals surface area contributed by atoms with Gasteiger partial charge in [0.1, 0.15) is 0 Å². The maximum atomic E-state index is 13.9. The number of anilines is 1. The molecule has 1 fully saturated rings. The number of piperidine rings is 1. The number of hydrogen-bond donors (Lipinski definition) is 1. The molecule has 0 spiro atoms. The predicted octanol–water partition coefficient (Wildman–Crippen LogP) is 4.67. The maximum Gasteiger partial charge on any atom is 0.325 e. The lowest BCUT2D eigenvalue weighted by atomic mass is 9.90. The molecule has 3 aromatic carbocycles. The summed E-state index contributed by atoms with van der Waals surface area (Å²) in [5.41, 5.74) is 4.50. The van der Waals surface area contributed by atoms with Gasteiger partial charge in [-0.25, -0.2) is 4.79 Å². The molecule has 2 amide bonds. The number of hydrogen-bond acceptors (Lipinski definition) is 3. The van der Waals surface area contributed by atoms with Gasteiger partial charge < -0.3 is 10.0 Å². The Hall–Kier alpha value is -3.15. The molecule has 3 aromatic rings. The lowest BCUT2D eigenvalue weighted by Gasteiger charge is -2.48. The van der Waals surface area contributed by atoms with E-state index in [4.69, 9.17) is 0 Å². The molecule has 1 atom stereocenters. The number of para-hydroxylation sites is 1. The first-order chi connectivity index (χ1) is 16.3. The molecule has 5 heteroatoms. The first-order valence-corrected chi connectivity index (χ1v) is 11.9. The van der Waals surface area contributed by atoms with Gasteiger partial charge in [0.05, 0.1) is 24.9 Å². The number of carbonyl (C=O) groups excluding carboxylic acids is 1. The predicted molar refractivity (Wildman–Crippen MR) is 131 cm³/mol. The number of β-amino-alcohol motifs (C(OH)–C–C–N with tert-alkyl or cyclic N) is 1. The van der Waals surface area contributed by atoms with Gasteiger partial charge in [0.25, 0.3) is 0 Å². The Kier molecular flexibility index (Phi) is 6.42. The van der Waals surface area contributed by atoms with Crippen LogP contribution >= 0.6 is 0 Å². The van der Waals surface area contributed by atoms with E-state index in [0.29, 0.717) is 6.54 Å². The smallest absolute Gasteiger partial charge is 0.325 e. The van der Waals surface area contributed by atoms with E-state index in [2.05, 4.69) is 58.3 Å². The molecule has 2 aliphatic rings. The van der Waals surface area contributed by atoms with Gasteiger partial charge in [-0.05, 0) is 30.0 Å². The van der Waals surface area contributed by atoms with Crippen LogP contribution in [-0.2, 0) is 6.54 Å². The molecule has 1 unspecified atom stereocenters. The van der Waals surface area contributed by atoms with Crippen LogP contribution in [0.3, 0.4) is 0 Å². The third-order valence-electron chi connectivity index (χ3n) is 6.89. The van der Waals surface area contributed by atoms with Gasteiger partial charge in [0.2, 0.25) is 0 Å². The molecule has 1 N–H and O–H groups in total. The Morgan fingerprint density at radius 3 is 2.15 bits per heavy atom. The lowest BCUT2D eigenvalue weighted by molar-refractivity contribution is 0.101. The van der Waals surface area contributed by atoms with Crippen molar-refractivity contribution in [2.24, 2.45) is 0 Å². The van der Waals surface area contributed by atoms with Crippen molar-refractivity contribution in [1.29, 1.82) is 0 Å². The normalized spacial score (nSPS) is 19.5. The topological polar surface area (TPSA) is 47.0 Å². The van der Waals surface area contributed by atoms with E-state index in [1.54, 1.807) is 4.90 Å². The van der Waals surface area contributed by atoms with Crippen molar-refractivity contribution in [3.63, 3.8) is 0 Å². The summed E-state index contributed by atoms with van der Waals surface area (Å²) in [7, 11) is 0. The number of likely N-dealkylation sites (tertiary alicyclic amines) is 1. The first kappa shape index (κ1) is 21.7. The molecule has 2 heterocycles. The fraction of sp³-hybridized carbons (Fsp3) is 0.321. The zero-order valence-electron chi connectivity index (χ0n) is 18.9. The molecular formula is C28H31N3O2. The monoisotopic (exact) mass is 441 g/mol. The van der Waals surface area contributed by atoms with Gasteiger partial charge in [0.15, 0.2) is 0 Å². The Labute approximate surface area is 195 Å². The van der Waals surface area contributed by atoms with E-state index in [1.165, 1.54) is 5.56 Å². The second-order valence-electron chi connectivity index (χ2n) is 8.93. The molecule has 1 saturated heterocycles. The number of urea groups is 1. The van der Waals surface area contributed by atoms with Gasteiger partial charge >= 0.3 is 6.03 Å². The Bertz CT molecular complexity index is 1060. The molecule has 0 saturated carbocycles. The summed E-state index contributed by atoms with van der Waals surface area (Å²) in [4.78, 5) is 20.2. The van der Waals surface area contributed by atoms with Crippen LogP contribution in [0.4, 0.5) is 10.5 Å². The Morgan fingerprint density at radius 2 is 1.45 bits per heavy atom. The van der Waals surface area contributed by atoms with Crippen molar-refractivity contribution in [2.45, 2.75) is 31.5 Å². The molecule has 33 heavy (non-hydrogen) atoms. The molecule has 2 aliphatic heterocycles. The van der Waals surface area contributed by atoms with Crippen molar-refractivity contribution in [3.8, 4) is 0 Å². The van der Waals surface area contributed by atoms with Crippen molar-refractivity contribution in [3.05, 3.63) is 102 Å². The quantitative estimate of drug-likeness (QED) is 0.605. The van der Waals surface area contributed by atoms with Gasteiger partial charge in [-0.15, -0.1) is 0 Å². The summed E-state index contributed by atoms with van der Waals surface area (Å²) in [6.45, 7) is 3.13. The van der Waals surface area contributed by atoms with Gasteiger partial charge in [-0.3, -0.25) is 9.80 Å². The van der Waals surface area contributed by atoms with Gasteiger partial charge in [-0.2, -0.15) is 0 Å². The summed E-state index contributed by atoms with van der Waals surface area (Å²) >= 11 is 0. The number of aliphatic hydroxyl groups is 1. The van der Waals surface area contributed by atoms with Gasteiger partial charge in [-0.1, -0.05) is 78.9 Å². The fourth-order valence-electron chi connectivity index (χ4n) is 5.32. The molecule has 0 aromatic heterocycles. The minimum absolute atomic E-state index is 0.00175. The van der Waals surface area contributed by atoms with E-state index in [9.17, 15) is 9.90 Å². The van der Waals surface area contributed by atoms with Crippen LogP contribution in [0.1, 0.15) is 35.6 Å². The van der Waals surface area contributed by atoms with Crippen LogP contribution in [-0.4, -0.2) is 53.2 Å². The van der Waals surface area contributed by atoms with Crippen molar-refractivity contribution < 1.29 is 9.90 Å². The van der Waals surface area contributed by atoms with Crippen LogP contribution in [0.15, 0.2) is 84.9 Å². The number of nitrogens with zero attached hydrogens (tertiary/aromatic N) is 3. The molecular weight excluding hydrogens is 410 g/mol. The summed E-state index contributed by atoms with van der Waals surface area (Å²) in [6.07, 6.45) is 1.88. The van der Waals surface area contributed by atoms with Crippen LogP contribution in [0.5, 0.6) is 0 Å². The van der Waals surface area contributed by atoms with Crippen molar-refractivity contribution in [2.75, 3.05) is 31.1 Å². The number of amides is 2. The SMILES string of the molecule is O=C1N(CCO)c2ccccc2C(c2ccccc2)N1C1CCN(Cc2ccccc2)CC1. The summed E-state index contributed by atoms with van der Waals surface area (Å²) in [5, 5.41) is 9.70. The number of rotatable bonds is 6. The molecule has 5 rings (SSSR count). The van der Waals surface area contributed by atoms with Crippen LogP contribution in [0, 0.1) is 0 Å². The van der Waals surface area contributed by atoms with Crippen molar-refractivity contribution >= 4 is 11.7 Å². The molecule has 0 bridgehead atoms. The first-order valence-electron chi connectivity index (χ1n) is 11.9. The average molecular weight is 442 g/mol. The molecule has 5 nitrogen and oxygen atoms in total.